The van der Waals surface area contributed by atoms with Crippen molar-refractivity contribution < 1.29 is 4.74 Å². The van der Waals surface area contributed by atoms with E-state index in [0.29, 0.717) is 6.10 Å². The molecule has 0 bridgehead atoms. The Bertz CT molecular complexity index is 350. The zero-order chi connectivity index (χ0) is 12.1. The first-order valence-electron chi connectivity index (χ1n) is 6.31. The van der Waals surface area contributed by atoms with Crippen LogP contribution in [-0.2, 0) is 11.2 Å². The van der Waals surface area contributed by atoms with Crippen molar-refractivity contribution in [1.29, 1.82) is 0 Å². The van der Waals surface area contributed by atoms with Crippen LogP contribution in [0.4, 0.5) is 5.69 Å². The van der Waals surface area contributed by atoms with Crippen molar-refractivity contribution in [3.05, 3.63) is 24.0 Å². The maximum absolute atomic E-state index is 6.14. The summed E-state index contributed by atoms with van der Waals surface area (Å²) >= 11 is 0. The molecule has 4 nitrogen and oxygen atoms in total. The quantitative estimate of drug-likeness (QED) is 0.829. The predicted octanol–water partition coefficient (Wildman–Crippen LogP) is 1.49. The number of nitrogens with zero attached hydrogens (tertiary/aromatic N) is 1. The van der Waals surface area contributed by atoms with Crippen LogP contribution in [0.2, 0.25) is 0 Å². The van der Waals surface area contributed by atoms with Crippen LogP contribution < -0.4 is 11.5 Å². The molecule has 1 aromatic heterocycles. The molecule has 0 aromatic carbocycles. The van der Waals surface area contributed by atoms with E-state index >= 15 is 0 Å². The van der Waals surface area contributed by atoms with E-state index in [9.17, 15) is 0 Å². The summed E-state index contributed by atoms with van der Waals surface area (Å²) < 4.78 is 5.69. The SMILES string of the molecule is Nc1ccncc1CC(N)CC1CCCCO1. The van der Waals surface area contributed by atoms with E-state index < -0.39 is 0 Å². The molecule has 4 heteroatoms. The average molecular weight is 235 g/mol. The fourth-order valence-electron chi connectivity index (χ4n) is 2.31. The Labute approximate surface area is 102 Å². The molecule has 4 N–H and O–H groups in total. The Morgan fingerprint density at radius 2 is 2.35 bits per heavy atom. The molecule has 0 amide bonds. The van der Waals surface area contributed by atoms with Gasteiger partial charge in [0, 0.05) is 30.7 Å². The lowest BCUT2D eigenvalue weighted by molar-refractivity contribution is 0.00747. The molecule has 2 heterocycles. The number of hydrogen-bond donors (Lipinski definition) is 2. The van der Waals surface area contributed by atoms with Gasteiger partial charge in [-0.3, -0.25) is 4.98 Å². The smallest absolute Gasteiger partial charge is 0.0590 e. The van der Waals surface area contributed by atoms with Crippen molar-refractivity contribution in [2.24, 2.45) is 5.73 Å². The number of ether oxygens (including phenoxy) is 1. The van der Waals surface area contributed by atoms with Crippen LogP contribution in [0.5, 0.6) is 0 Å². The third-order valence-electron chi connectivity index (χ3n) is 3.26. The van der Waals surface area contributed by atoms with Crippen LogP contribution in [0, 0.1) is 0 Å². The Balaban J connectivity index is 1.84. The molecule has 2 unspecified atom stereocenters. The number of rotatable bonds is 4. The summed E-state index contributed by atoms with van der Waals surface area (Å²) in [4.78, 5) is 4.08. The van der Waals surface area contributed by atoms with E-state index in [0.717, 1.165) is 37.1 Å². The molecule has 0 saturated carbocycles. The standard InChI is InChI=1S/C13H21N3O/c14-11(8-12-3-1-2-6-17-12)7-10-9-16-5-4-13(10)15/h4-5,9,11-12H,1-3,6-8,14H2,(H2,15,16). The molecule has 0 radical (unpaired) electrons. The van der Waals surface area contributed by atoms with Gasteiger partial charge in [-0.05, 0) is 43.7 Å². The van der Waals surface area contributed by atoms with Gasteiger partial charge in [0.25, 0.3) is 0 Å². The lowest BCUT2D eigenvalue weighted by atomic mass is 9.98. The van der Waals surface area contributed by atoms with Crippen LogP contribution in [0.15, 0.2) is 18.5 Å². The predicted molar refractivity (Wildman–Crippen MR) is 68.5 cm³/mol. The molecule has 1 aromatic rings. The molecule has 17 heavy (non-hydrogen) atoms. The highest BCUT2D eigenvalue weighted by Crippen LogP contribution is 2.19. The van der Waals surface area contributed by atoms with Crippen LogP contribution in [0.3, 0.4) is 0 Å². The molecule has 2 rings (SSSR count). The number of anilines is 1. The molecule has 94 valence electrons. The van der Waals surface area contributed by atoms with Gasteiger partial charge >= 0.3 is 0 Å². The van der Waals surface area contributed by atoms with Crippen LogP contribution in [0.1, 0.15) is 31.2 Å². The minimum Gasteiger partial charge on any atom is -0.398 e. The molecule has 2 atom stereocenters. The third-order valence-corrected chi connectivity index (χ3v) is 3.26. The first kappa shape index (κ1) is 12.3. The molecule has 0 spiro atoms. The second kappa shape index (κ2) is 5.98. The van der Waals surface area contributed by atoms with Gasteiger partial charge in [0.1, 0.15) is 0 Å². The first-order chi connectivity index (χ1) is 8.25. The molecule has 1 saturated heterocycles. The van der Waals surface area contributed by atoms with Gasteiger partial charge < -0.3 is 16.2 Å². The van der Waals surface area contributed by atoms with Crippen molar-refractivity contribution >= 4 is 5.69 Å². The maximum atomic E-state index is 6.14. The molecule has 1 aliphatic rings. The van der Waals surface area contributed by atoms with Crippen LogP contribution in [0.25, 0.3) is 0 Å². The number of aromatic nitrogens is 1. The first-order valence-corrected chi connectivity index (χ1v) is 6.31. The third kappa shape index (κ3) is 3.68. The van der Waals surface area contributed by atoms with Crippen molar-refractivity contribution in [3.8, 4) is 0 Å². The minimum absolute atomic E-state index is 0.101. The van der Waals surface area contributed by atoms with Crippen molar-refractivity contribution in [1.82, 2.24) is 4.98 Å². The molecular weight excluding hydrogens is 214 g/mol. The second-order valence-electron chi connectivity index (χ2n) is 4.76. The van der Waals surface area contributed by atoms with Crippen LogP contribution in [-0.4, -0.2) is 23.7 Å². The van der Waals surface area contributed by atoms with Gasteiger partial charge in [-0.15, -0.1) is 0 Å². The summed E-state index contributed by atoms with van der Waals surface area (Å²) in [6, 6.07) is 1.92. The largest absolute Gasteiger partial charge is 0.398 e. The van der Waals surface area contributed by atoms with Crippen LogP contribution >= 0.6 is 0 Å². The summed E-state index contributed by atoms with van der Waals surface area (Å²) in [6.45, 7) is 0.881. The molecular formula is C13H21N3O. The Hall–Kier alpha value is -1.13. The highest BCUT2D eigenvalue weighted by molar-refractivity contribution is 5.44. The normalized spacial score (nSPS) is 22.3. The maximum Gasteiger partial charge on any atom is 0.0590 e. The molecule has 0 aliphatic carbocycles. The van der Waals surface area contributed by atoms with E-state index in [1.807, 2.05) is 6.07 Å². The van der Waals surface area contributed by atoms with E-state index in [1.54, 1.807) is 12.4 Å². The zero-order valence-corrected chi connectivity index (χ0v) is 10.1. The van der Waals surface area contributed by atoms with Gasteiger partial charge in [-0.2, -0.15) is 0 Å². The Morgan fingerprint density at radius 3 is 3.06 bits per heavy atom. The lowest BCUT2D eigenvalue weighted by Gasteiger charge is -2.25. The van der Waals surface area contributed by atoms with Crippen molar-refractivity contribution in [2.75, 3.05) is 12.3 Å². The van der Waals surface area contributed by atoms with Gasteiger partial charge in [0.15, 0.2) is 0 Å². The number of nitrogen functional groups attached to an aromatic ring is 1. The van der Waals surface area contributed by atoms with Gasteiger partial charge in [-0.25, -0.2) is 0 Å². The van der Waals surface area contributed by atoms with Crippen molar-refractivity contribution in [3.63, 3.8) is 0 Å². The summed E-state index contributed by atoms with van der Waals surface area (Å²) in [5.74, 6) is 0. The zero-order valence-electron chi connectivity index (χ0n) is 10.1. The lowest BCUT2D eigenvalue weighted by Crippen LogP contribution is -2.31. The van der Waals surface area contributed by atoms with Gasteiger partial charge in [0.2, 0.25) is 0 Å². The number of nitrogens with two attached hydrogens (primary N) is 2. The van der Waals surface area contributed by atoms with Gasteiger partial charge in [-0.1, -0.05) is 0 Å². The second-order valence-corrected chi connectivity index (χ2v) is 4.76. The topological polar surface area (TPSA) is 74.2 Å². The highest BCUT2D eigenvalue weighted by Gasteiger charge is 2.18. The highest BCUT2D eigenvalue weighted by atomic mass is 16.5. The minimum atomic E-state index is 0.101. The number of pyridine rings is 1. The molecule has 1 aliphatic heterocycles. The summed E-state index contributed by atoms with van der Waals surface area (Å²) in [5, 5.41) is 0. The average Bonchev–Trinajstić information content (AvgIpc) is 2.33. The summed E-state index contributed by atoms with van der Waals surface area (Å²) in [6.07, 6.45) is 9.10. The van der Waals surface area contributed by atoms with Crippen molar-refractivity contribution in [2.45, 2.75) is 44.2 Å². The fraction of sp³-hybridized carbons (Fsp3) is 0.615. The summed E-state index contributed by atoms with van der Waals surface area (Å²) in [7, 11) is 0. The van der Waals surface area contributed by atoms with E-state index in [2.05, 4.69) is 4.98 Å². The van der Waals surface area contributed by atoms with E-state index in [-0.39, 0.29) is 6.04 Å². The number of hydrogen-bond acceptors (Lipinski definition) is 4. The fourth-order valence-corrected chi connectivity index (χ4v) is 2.31. The Morgan fingerprint density at radius 1 is 1.47 bits per heavy atom. The molecule has 1 fully saturated rings. The van der Waals surface area contributed by atoms with E-state index in [1.165, 1.54) is 12.8 Å². The van der Waals surface area contributed by atoms with Gasteiger partial charge in [0.05, 0.1) is 6.10 Å². The van der Waals surface area contributed by atoms with E-state index in [4.69, 9.17) is 16.2 Å². The summed E-state index contributed by atoms with van der Waals surface area (Å²) in [5.41, 5.74) is 13.8. The Kier molecular flexibility index (Phi) is 4.34. The monoisotopic (exact) mass is 235 g/mol.